The van der Waals surface area contributed by atoms with Crippen LogP contribution in [0.25, 0.3) is 0 Å². The Kier molecular flexibility index (Phi) is 4.86. The zero-order valence-electron chi connectivity index (χ0n) is 12.3. The Labute approximate surface area is 141 Å². The smallest absolute Gasteiger partial charge is 0.346 e. The zero-order chi connectivity index (χ0) is 19.6. The maximum atomic E-state index is 14.1. The number of esters is 1. The number of nitro benzene ring substituents is 2. The normalized spacial score (nSPS) is 10.2. The number of aromatic carboxylic acids is 1. The number of nitro groups is 2. The van der Waals surface area contributed by atoms with E-state index in [4.69, 9.17) is 5.11 Å². The van der Waals surface area contributed by atoms with Gasteiger partial charge in [-0.05, 0) is 12.1 Å². The van der Waals surface area contributed by atoms with Crippen LogP contribution < -0.4 is 4.74 Å². The van der Waals surface area contributed by atoms with Crippen LogP contribution in [0.3, 0.4) is 0 Å². The van der Waals surface area contributed by atoms with Crippen LogP contribution in [-0.2, 0) is 0 Å². The maximum Gasteiger partial charge on any atom is 0.346 e. The highest BCUT2D eigenvalue weighted by molar-refractivity contribution is 5.93. The van der Waals surface area contributed by atoms with Crippen LogP contribution in [0.2, 0.25) is 0 Å². The molecule has 26 heavy (non-hydrogen) atoms. The van der Waals surface area contributed by atoms with Gasteiger partial charge in [0.25, 0.3) is 5.69 Å². The second kappa shape index (κ2) is 6.88. The van der Waals surface area contributed by atoms with E-state index < -0.39 is 61.7 Å². The van der Waals surface area contributed by atoms with E-state index in [1.54, 1.807) is 0 Å². The van der Waals surface area contributed by atoms with Gasteiger partial charge in [-0.25, -0.2) is 18.4 Å². The van der Waals surface area contributed by atoms with Gasteiger partial charge in [0.15, 0.2) is 5.82 Å². The van der Waals surface area contributed by atoms with E-state index in [0.717, 1.165) is 6.07 Å². The third kappa shape index (κ3) is 3.43. The van der Waals surface area contributed by atoms with Crippen molar-refractivity contribution in [2.24, 2.45) is 0 Å². The first-order valence-electron chi connectivity index (χ1n) is 6.49. The molecule has 134 valence electrons. The molecule has 0 spiro atoms. The molecule has 2 aromatic rings. The van der Waals surface area contributed by atoms with Gasteiger partial charge in [0.1, 0.15) is 5.82 Å². The Bertz CT molecular complexity index is 960. The topological polar surface area (TPSA) is 150 Å². The van der Waals surface area contributed by atoms with Gasteiger partial charge in [-0.2, -0.15) is 0 Å². The molecule has 0 aromatic heterocycles. The van der Waals surface area contributed by atoms with E-state index in [-0.39, 0.29) is 0 Å². The molecule has 0 saturated carbocycles. The van der Waals surface area contributed by atoms with Gasteiger partial charge >= 0.3 is 17.6 Å². The molecule has 12 heteroatoms. The van der Waals surface area contributed by atoms with Gasteiger partial charge in [-0.15, -0.1) is 0 Å². The van der Waals surface area contributed by atoms with Crippen LogP contribution >= 0.6 is 0 Å². The molecule has 0 aliphatic carbocycles. The second-order valence-corrected chi connectivity index (χ2v) is 4.65. The summed E-state index contributed by atoms with van der Waals surface area (Å²) in [6.07, 6.45) is 0. The lowest BCUT2D eigenvalue weighted by Gasteiger charge is -2.08. The third-order valence-corrected chi connectivity index (χ3v) is 3.08. The molecule has 0 bridgehead atoms. The van der Waals surface area contributed by atoms with E-state index in [2.05, 4.69) is 4.74 Å². The maximum absolute atomic E-state index is 14.1. The highest BCUT2D eigenvalue weighted by atomic mass is 19.1. The number of hydrogen-bond donors (Lipinski definition) is 1. The number of hydrogen-bond acceptors (Lipinski definition) is 7. The summed E-state index contributed by atoms with van der Waals surface area (Å²) in [4.78, 5) is 42.2. The number of benzene rings is 2. The van der Waals surface area contributed by atoms with Crippen LogP contribution in [0.1, 0.15) is 20.7 Å². The summed E-state index contributed by atoms with van der Waals surface area (Å²) in [6.45, 7) is 0. The van der Waals surface area contributed by atoms with Crippen molar-refractivity contribution in [3.05, 3.63) is 73.3 Å². The fraction of sp³-hybridized carbons (Fsp3) is 0. The molecule has 0 fully saturated rings. The van der Waals surface area contributed by atoms with Crippen LogP contribution in [0.15, 0.2) is 30.3 Å². The second-order valence-electron chi connectivity index (χ2n) is 4.65. The Morgan fingerprint density at radius 3 is 2.12 bits per heavy atom. The molecule has 2 aromatic carbocycles. The average molecular weight is 368 g/mol. The number of halogens is 2. The van der Waals surface area contributed by atoms with E-state index >= 15 is 0 Å². The van der Waals surface area contributed by atoms with Crippen LogP contribution in [-0.4, -0.2) is 26.9 Å². The van der Waals surface area contributed by atoms with E-state index in [1.165, 1.54) is 0 Å². The van der Waals surface area contributed by atoms with Gasteiger partial charge in [0, 0.05) is 12.1 Å². The molecule has 2 rings (SSSR count). The highest BCUT2D eigenvalue weighted by Gasteiger charge is 2.29. The lowest BCUT2D eigenvalue weighted by Crippen LogP contribution is -2.14. The lowest BCUT2D eigenvalue weighted by molar-refractivity contribution is -0.385. The van der Waals surface area contributed by atoms with Crippen LogP contribution in [0, 0.1) is 31.9 Å². The lowest BCUT2D eigenvalue weighted by atomic mass is 10.1. The molecule has 0 radical (unpaired) electrons. The standard InChI is InChI=1S/C14H6F2N2O8/c15-9-5-6(17(22)23)1-2-7(9)14(21)26-12-10(18(24)25)4-3-8(11(12)16)13(19)20/h1-5H,(H,19,20). The van der Waals surface area contributed by atoms with Gasteiger partial charge in [-0.1, -0.05) is 0 Å². The van der Waals surface area contributed by atoms with Crippen LogP contribution in [0.5, 0.6) is 5.75 Å². The number of nitrogens with zero attached hydrogens (tertiary/aromatic N) is 2. The molecule has 0 aliphatic rings. The van der Waals surface area contributed by atoms with E-state index in [1.807, 2.05) is 0 Å². The van der Waals surface area contributed by atoms with Gasteiger partial charge in [0.2, 0.25) is 5.75 Å². The van der Waals surface area contributed by atoms with Crippen molar-refractivity contribution in [3.8, 4) is 5.75 Å². The molecule has 0 heterocycles. The predicted molar refractivity (Wildman–Crippen MR) is 78.0 cm³/mol. The Hall–Kier alpha value is -3.96. The van der Waals surface area contributed by atoms with E-state index in [9.17, 15) is 38.6 Å². The number of ether oxygens (including phenoxy) is 1. The zero-order valence-corrected chi connectivity index (χ0v) is 12.3. The number of carboxylic acid groups (broad SMARTS) is 1. The Morgan fingerprint density at radius 1 is 1.00 bits per heavy atom. The van der Waals surface area contributed by atoms with Gasteiger partial charge < -0.3 is 9.84 Å². The minimum Gasteiger partial charge on any atom is -0.478 e. The monoisotopic (exact) mass is 368 g/mol. The molecular formula is C14H6F2N2O8. The van der Waals surface area contributed by atoms with Crippen molar-refractivity contribution >= 4 is 23.3 Å². The van der Waals surface area contributed by atoms with Crippen molar-refractivity contribution in [1.29, 1.82) is 0 Å². The summed E-state index contributed by atoms with van der Waals surface area (Å²) >= 11 is 0. The summed E-state index contributed by atoms with van der Waals surface area (Å²) in [5.41, 5.74) is -3.63. The van der Waals surface area contributed by atoms with Crippen LogP contribution in [0.4, 0.5) is 20.2 Å². The Morgan fingerprint density at radius 2 is 1.62 bits per heavy atom. The van der Waals surface area contributed by atoms with Crippen molar-refractivity contribution < 1.29 is 38.1 Å². The summed E-state index contributed by atoms with van der Waals surface area (Å²) < 4.78 is 32.4. The summed E-state index contributed by atoms with van der Waals surface area (Å²) in [5, 5.41) is 30.3. The van der Waals surface area contributed by atoms with Crippen molar-refractivity contribution in [3.63, 3.8) is 0 Å². The molecular weight excluding hydrogens is 362 g/mol. The first kappa shape index (κ1) is 18.4. The van der Waals surface area contributed by atoms with Crippen molar-refractivity contribution in [1.82, 2.24) is 0 Å². The highest BCUT2D eigenvalue weighted by Crippen LogP contribution is 2.33. The van der Waals surface area contributed by atoms with E-state index in [0.29, 0.717) is 24.3 Å². The largest absolute Gasteiger partial charge is 0.478 e. The van der Waals surface area contributed by atoms with Gasteiger partial charge in [-0.3, -0.25) is 20.2 Å². The molecule has 0 saturated heterocycles. The SMILES string of the molecule is O=C(Oc1c([N+](=O)[O-])ccc(C(=O)O)c1F)c1ccc([N+](=O)[O-])cc1F. The van der Waals surface area contributed by atoms with Crippen molar-refractivity contribution in [2.75, 3.05) is 0 Å². The van der Waals surface area contributed by atoms with Crippen molar-refractivity contribution in [2.45, 2.75) is 0 Å². The van der Waals surface area contributed by atoms with Gasteiger partial charge in [0.05, 0.1) is 27.0 Å². The number of carbonyl (C=O) groups excluding carboxylic acids is 1. The number of carboxylic acids is 1. The molecule has 0 unspecified atom stereocenters. The Balaban J connectivity index is 2.49. The first-order chi connectivity index (χ1) is 12.1. The number of non-ortho nitro benzene ring substituents is 1. The molecule has 1 N–H and O–H groups in total. The minimum atomic E-state index is -1.78. The first-order valence-corrected chi connectivity index (χ1v) is 6.49. The molecule has 10 nitrogen and oxygen atoms in total. The third-order valence-electron chi connectivity index (χ3n) is 3.08. The number of rotatable bonds is 5. The summed E-state index contributed by atoms with van der Waals surface area (Å²) in [5.74, 6) is -7.81. The fourth-order valence-electron chi connectivity index (χ4n) is 1.88. The predicted octanol–water partition coefficient (Wildman–Crippen LogP) is 2.70. The summed E-state index contributed by atoms with van der Waals surface area (Å²) in [6, 6.07) is 3.02. The molecule has 0 aliphatic heterocycles. The minimum absolute atomic E-state index is 0.398. The number of carbonyl (C=O) groups is 2. The fourth-order valence-corrected chi connectivity index (χ4v) is 1.88. The average Bonchev–Trinajstić information content (AvgIpc) is 2.55. The quantitative estimate of drug-likeness (QED) is 0.366. The molecule has 0 atom stereocenters. The summed E-state index contributed by atoms with van der Waals surface area (Å²) in [7, 11) is 0. The molecule has 0 amide bonds.